The van der Waals surface area contributed by atoms with Gasteiger partial charge in [0.2, 0.25) is 0 Å². The maximum atomic E-state index is 11.6. The molecule has 3 rings (SSSR count). The molecule has 110 valence electrons. The molecule has 1 amide bonds. The Morgan fingerprint density at radius 3 is 3.15 bits per heavy atom. The highest BCUT2D eigenvalue weighted by molar-refractivity contribution is 5.68. The SMILES string of the molecule is CCOC(=O)N1CCC(NCc2cc(C3CC3)n[nH]2)C1. The highest BCUT2D eigenvalue weighted by atomic mass is 16.6. The van der Waals surface area contributed by atoms with Crippen molar-refractivity contribution in [3.05, 3.63) is 17.5 Å². The van der Waals surface area contributed by atoms with E-state index in [9.17, 15) is 4.79 Å². The van der Waals surface area contributed by atoms with Gasteiger partial charge in [-0.15, -0.1) is 0 Å². The lowest BCUT2D eigenvalue weighted by Gasteiger charge is -2.16. The second-order valence-electron chi connectivity index (χ2n) is 5.60. The molecule has 20 heavy (non-hydrogen) atoms. The van der Waals surface area contributed by atoms with E-state index in [1.165, 1.54) is 18.5 Å². The highest BCUT2D eigenvalue weighted by Crippen LogP contribution is 2.38. The molecule has 6 nitrogen and oxygen atoms in total. The van der Waals surface area contributed by atoms with E-state index in [1.54, 1.807) is 4.90 Å². The van der Waals surface area contributed by atoms with Gasteiger partial charge in [-0.1, -0.05) is 0 Å². The summed E-state index contributed by atoms with van der Waals surface area (Å²) in [5, 5.41) is 10.9. The van der Waals surface area contributed by atoms with Crippen LogP contribution in [0.15, 0.2) is 6.07 Å². The fourth-order valence-corrected chi connectivity index (χ4v) is 2.62. The van der Waals surface area contributed by atoms with Crippen molar-refractivity contribution in [1.29, 1.82) is 0 Å². The fraction of sp³-hybridized carbons (Fsp3) is 0.714. The first-order valence-corrected chi connectivity index (χ1v) is 7.45. The maximum Gasteiger partial charge on any atom is 0.409 e. The average molecular weight is 278 g/mol. The third-order valence-corrected chi connectivity index (χ3v) is 3.94. The molecule has 0 radical (unpaired) electrons. The summed E-state index contributed by atoms with van der Waals surface area (Å²) in [4.78, 5) is 13.4. The first-order valence-electron chi connectivity index (χ1n) is 7.45. The number of ether oxygens (including phenoxy) is 1. The van der Waals surface area contributed by atoms with Gasteiger partial charge < -0.3 is 15.0 Å². The minimum atomic E-state index is -0.200. The van der Waals surface area contributed by atoms with Crippen LogP contribution in [0.5, 0.6) is 0 Å². The van der Waals surface area contributed by atoms with Crippen LogP contribution in [0.1, 0.15) is 43.5 Å². The lowest BCUT2D eigenvalue weighted by atomic mass is 10.2. The Morgan fingerprint density at radius 1 is 1.55 bits per heavy atom. The zero-order chi connectivity index (χ0) is 13.9. The van der Waals surface area contributed by atoms with Crippen molar-refractivity contribution in [2.24, 2.45) is 0 Å². The van der Waals surface area contributed by atoms with Crippen LogP contribution in [-0.4, -0.2) is 46.9 Å². The predicted octanol–water partition coefficient (Wildman–Crippen LogP) is 1.61. The second kappa shape index (κ2) is 5.83. The number of aromatic amines is 1. The lowest BCUT2D eigenvalue weighted by molar-refractivity contribution is 0.115. The number of H-pyrrole nitrogens is 1. The standard InChI is InChI=1S/C14H22N4O2/c1-2-20-14(19)18-6-5-11(9-18)15-8-12-7-13(17-16-12)10-3-4-10/h7,10-11,15H,2-6,8-9H2,1H3,(H,16,17). The Hall–Kier alpha value is -1.56. The molecule has 1 saturated heterocycles. The molecule has 1 aliphatic heterocycles. The Bertz CT molecular complexity index is 469. The van der Waals surface area contributed by atoms with Gasteiger partial charge in [-0.3, -0.25) is 5.10 Å². The molecule has 1 saturated carbocycles. The molecule has 1 aromatic rings. The van der Waals surface area contributed by atoms with Crippen molar-refractivity contribution < 1.29 is 9.53 Å². The Labute approximate surface area is 118 Å². The summed E-state index contributed by atoms with van der Waals surface area (Å²) < 4.78 is 5.02. The molecular weight excluding hydrogens is 256 g/mol. The topological polar surface area (TPSA) is 70.2 Å². The van der Waals surface area contributed by atoms with Crippen LogP contribution in [0.25, 0.3) is 0 Å². The number of aromatic nitrogens is 2. The van der Waals surface area contributed by atoms with E-state index < -0.39 is 0 Å². The van der Waals surface area contributed by atoms with Crippen LogP contribution >= 0.6 is 0 Å². The van der Waals surface area contributed by atoms with Crippen LogP contribution in [0.2, 0.25) is 0 Å². The van der Waals surface area contributed by atoms with Crippen molar-refractivity contribution in [1.82, 2.24) is 20.4 Å². The summed E-state index contributed by atoms with van der Waals surface area (Å²) in [6, 6.07) is 2.50. The van der Waals surface area contributed by atoms with E-state index in [0.29, 0.717) is 18.6 Å². The largest absolute Gasteiger partial charge is 0.450 e. The highest BCUT2D eigenvalue weighted by Gasteiger charge is 2.28. The van der Waals surface area contributed by atoms with Gasteiger partial charge >= 0.3 is 6.09 Å². The number of rotatable bonds is 5. The molecule has 2 fully saturated rings. The smallest absolute Gasteiger partial charge is 0.409 e. The number of likely N-dealkylation sites (tertiary alicyclic amines) is 1. The van der Waals surface area contributed by atoms with Gasteiger partial charge in [-0.05, 0) is 32.3 Å². The Kier molecular flexibility index (Phi) is 3.91. The van der Waals surface area contributed by atoms with Crippen LogP contribution in [0.3, 0.4) is 0 Å². The molecule has 2 aliphatic rings. The minimum Gasteiger partial charge on any atom is -0.450 e. The number of amides is 1. The van der Waals surface area contributed by atoms with Crippen LogP contribution in [0.4, 0.5) is 4.79 Å². The van der Waals surface area contributed by atoms with Gasteiger partial charge in [0.15, 0.2) is 0 Å². The number of carbonyl (C=O) groups excluding carboxylic acids is 1. The van der Waals surface area contributed by atoms with Crippen molar-refractivity contribution in [2.75, 3.05) is 19.7 Å². The zero-order valence-corrected chi connectivity index (χ0v) is 11.9. The normalized spacial score (nSPS) is 22.2. The number of hydrogen-bond donors (Lipinski definition) is 2. The lowest BCUT2D eigenvalue weighted by Crippen LogP contribution is -2.35. The first kappa shape index (κ1) is 13.4. The molecule has 1 unspecified atom stereocenters. The van der Waals surface area contributed by atoms with Gasteiger partial charge in [0, 0.05) is 37.3 Å². The molecule has 6 heteroatoms. The van der Waals surface area contributed by atoms with Crippen molar-refractivity contribution in [3.8, 4) is 0 Å². The van der Waals surface area contributed by atoms with Crippen molar-refractivity contribution in [3.63, 3.8) is 0 Å². The number of nitrogens with one attached hydrogen (secondary N) is 2. The van der Waals surface area contributed by atoms with Crippen molar-refractivity contribution >= 4 is 6.09 Å². The summed E-state index contributed by atoms with van der Waals surface area (Å²) in [5.74, 6) is 0.686. The summed E-state index contributed by atoms with van der Waals surface area (Å²) >= 11 is 0. The van der Waals surface area contributed by atoms with Crippen LogP contribution in [0, 0.1) is 0 Å². The Balaban J connectivity index is 1.43. The van der Waals surface area contributed by atoms with Gasteiger partial charge in [-0.25, -0.2) is 4.79 Å². The van der Waals surface area contributed by atoms with E-state index in [2.05, 4.69) is 21.6 Å². The van der Waals surface area contributed by atoms with E-state index in [-0.39, 0.29) is 6.09 Å². The molecule has 2 N–H and O–H groups in total. The van der Waals surface area contributed by atoms with Crippen LogP contribution in [-0.2, 0) is 11.3 Å². The predicted molar refractivity (Wildman–Crippen MR) is 74.4 cm³/mol. The zero-order valence-electron chi connectivity index (χ0n) is 11.9. The summed E-state index contributed by atoms with van der Waals surface area (Å²) in [7, 11) is 0. The molecule has 1 aromatic heterocycles. The van der Waals surface area contributed by atoms with Gasteiger partial charge in [0.05, 0.1) is 12.3 Å². The molecule has 0 bridgehead atoms. The summed E-state index contributed by atoms with van der Waals surface area (Å²) in [5.41, 5.74) is 2.32. The number of carbonyl (C=O) groups is 1. The molecule has 2 heterocycles. The average Bonchev–Trinajstić information content (AvgIpc) is 3.01. The Morgan fingerprint density at radius 2 is 2.40 bits per heavy atom. The van der Waals surface area contributed by atoms with Gasteiger partial charge in [0.1, 0.15) is 0 Å². The third kappa shape index (κ3) is 3.12. The van der Waals surface area contributed by atoms with Gasteiger partial charge in [0.25, 0.3) is 0 Å². The van der Waals surface area contributed by atoms with E-state index in [4.69, 9.17) is 4.74 Å². The number of hydrogen-bond acceptors (Lipinski definition) is 4. The quantitative estimate of drug-likeness (QED) is 0.858. The van der Waals surface area contributed by atoms with Crippen molar-refractivity contribution in [2.45, 2.75) is 44.7 Å². The van der Waals surface area contributed by atoms with E-state index in [1.807, 2.05) is 6.92 Å². The third-order valence-electron chi connectivity index (χ3n) is 3.94. The van der Waals surface area contributed by atoms with Crippen LogP contribution < -0.4 is 5.32 Å². The van der Waals surface area contributed by atoms with Gasteiger partial charge in [-0.2, -0.15) is 5.10 Å². The second-order valence-corrected chi connectivity index (χ2v) is 5.60. The summed E-state index contributed by atoms with van der Waals surface area (Å²) in [6.07, 6.45) is 3.32. The van der Waals surface area contributed by atoms with E-state index >= 15 is 0 Å². The monoisotopic (exact) mass is 278 g/mol. The molecule has 0 aromatic carbocycles. The van der Waals surface area contributed by atoms with E-state index in [0.717, 1.165) is 31.7 Å². The molecule has 1 aliphatic carbocycles. The fourth-order valence-electron chi connectivity index (χ4n) is 2.62. The molecular formula is C14H22N4O2. The minimum absolute atomic E-state index is 0.200. The first-order chi connectivity index (χ1) is 9.76. The number of nitrogens with zero attached hydrogens (tertiary/aromatic N) is 2. The maximum absolute atomic E-state index is 11.6. The molecule has 0 spiro atoms. The summed E-state index contributed by atoms with van der Waals surface area (Å²) in [6.45, 7) is 4.54. The molecule has 1 atom stereocenters.